The Labute approximate surface area is 121 Å². The van der Waals surface area contributed by atoms with Gasteiger partial charge < -0.3 is 5.32 Å². The van der Waals surface area contributed by atoms with Crippen molar-refractivity contribution in [3.63, 3.8) is 0 Å². The van der Waals surface area contributed by atoms with E-state index in [1.165, 1.54) is 42.1 Å². The molecule has 0 aromatic carbocycles. The van der Waals surface area contributed by atoms with Gasteiger partial charge in [0.25, 0.3) is 0 Å². The Morgan fingerprint density at radius 3 is 2.58 bits per heavy atom. The normalized spacial score (nSPS) is 25.4. The van der Waals surface area contributed by atoms with Crippen LogP contribution < -0.4 is 5.32 Å². The van der Waals surface area contributed by atoms with Crippen LogP contribution in [0.5, 0.6) is 0 Å². The van der Waals surface area contributed by atoms with E-state index in [-0.39, 0.29) is 0 Å². The zero-order valence-corrected chi connectivity index (χ0v) is 13.3. The second-order valence-electron chi connectivity index (χ2n) is 5.85. The zero-order chi connectivity index (χ0) is 13.7. The lowest BCUT2D eigenvalue weighted by Crippen LogP contribution is -2.21. The first-order valence-electron chi connectivity index (χ1n) is 7.81. The molecular formula is C15H27N3S. The van der Waals surface area contributed by atoms with Crippen LogP contribution in [0.4, 0.5) is 0 Å². The van der Waals surface area contributed by atoms with Gasteiger partial charge in [-0.15, -0.1) is 10.2 Å². The molecular weight excluding hydrogens is 254 g/mol. The molecule has 2 rings (SSSR count). The predicted octanol–water partition coefficient (Wildman–Crippen LogP) is 4.28. The number of hydrogen-bond acceptors (Lipinski definition) is 4. The second-order valence-corrected chi connectivity index (χ2v) is 6.89. The van der Waals surface area contributed by atoms with Crippen molar-refractivity contribution >= 4 is 11.3 Å². The van der Waals surface area contributed by atoms with Gasteiger partial charge in [0.2, 0.25) is 0 Å². The molecule has 19 heavy (non-hydrogen) atoms. The average Bonchev–Trinajstić information content (AvgIpc) is 2.90. The van der Waals surface area contributed by atoms with Crippen molar-refractivity contribution < 1.29 is 0 Å². The first-order valence-corrected chi connectivity index (χ1v) is 8.62. The zero-order valence-electron chi connectivity index (χ0n) is 12.5. The maximum atomic E-state index is 4.47. The van der Waals surface area contributed by atoms with Crippen LogP contribution in [0.25, 0.3) is 0 Å². The summed E-state index contributed by atoms with van der Waals surface area (Å²) in [5.74, 6) is 1.57. The molecule has 1 N–H and O–H groups in total. The molecule has 0 radical (unpaired) electrons. The highest BCUT2D eigenvalue weighted by Crippen LogP contribution is 2.37. The second kappa shape index (κ2) is 7.34. The molecule has 1 unspecified atom stereocenters. The summed E-state index contributed by atoms with van der Waals surface area (Å²) >= 11 is 1.84. The maximum Gasteiger partial charge on any atom is 0.134 e. The van der Waals surface area contributed by atoms with E-state index >= 15 is 0 Å². The monoisotopic (exact) mass is 281 g/mol. The summed E-state index contributed by atoms with van der Waals surface area (Å²) < 4.78 is 0. The minimum Gasteiger partial charge on any atom is -0.308 e. The fourth-order valence-corrected chi connectivity index (χ4v) is 3.96. The molecule has 0 aliphatic heterocycles. The third-order valence-corrected chi connectivity index (χ3v) is 5.37. The van der Waals surface area contributed by atoms with Gasteiger partial charge in [-0.25, -0.2) is 0 Å². The molecule has 1 aliphatic rings. The lowest BCUT2D eigenvalue weighted by molar-refractivity contribution is 0.346. The fourth-order valence-electron chi connectivity index (χ4n) is 2.78. The Hall–Kier alpha value is -0.480. The summed E-state index contributed by atoms with van der Waals surface area (Å²) in [6.45, 7) is 7.85. The SMILES string of the molecule is CCCNC(CC)c1nnc(C2CCC(C)CC2)s1. The Morgan fingerprint density at radius 1 is 1.21 bits per heavy atom. The number of rotatable bonds is 6. The van der Waals surface area contributed by atoms with Crippen LogP contribution in [0.2, 0.25) is 0 Å². The van der Waals surface area contributed by atoms with Gasteiger partial charge in [0.1, 0.15) is 10.0 Å². The molecule has 0 spiro atoms. The molecule has 4 heteroatoms. The summed E-state index contributed by atoms with van der Waals surface area (Å²) in [4.78, 5) is 0. The van der Waals surface area contributed by atoms with Gasteiger partial charge in [-0.1, -0.05) is 44.9 Å². The highest BCUT2D eigenvalue weighted by Gasteiger charge is 2.24. The first kappa shape index (κ1) is 14.9. The van der Waals surface area contributed by atoms with Crippen molar-refractivity contribution in [1.29, 1.82) is 0 Å². The number of nitrogens with one attached hydrogen (secondary N) is 1. The van der Waals surface area contributed by atoms with Crippen LogP contribution in [0, 0.1) is 5.92 Å². The minimum absolute atomic E-state index is 0.397. The lowest BCUT2D eigenvalue weighted by atomic mass is 9.83. The predicted molar refractivity (Wildman–Crippen MR) is 81.6 cm³/mol. The number of nitrogens with zero attached hydrogens (tertiary/aromatic N) is 2. The summed E-state index contributed by atoms with van der Waals surface area (Å²) in [5, 5.41) is 14.9. The van der Waals surface area contributed by atoms with E-state index in [1.54, 1.807) is 0 Å². The summed E-state index contributed by atoms with van der Waals surface area (Å²) in [5.41, 5.74) is 0. The van der Waals surface area contributed by atoms with Crippen molar-refractivity contribution in [3.05, 3.63) is 10.0 Å². The highest BCUT2D eigenvalue weighted by atomic mass is 32.1. The molecule has 0 saturated heterocycles. The smallest absolute Gasteiger partial charge is 0.134 e. The largest absolute Gasteiger partial charge is 0.308 e. The minimum atomic E-state index is 0.397. The molecule has 0 amide bonds. The fraction of sp³-hybridized carbons (Fsp3) is 0.867. The van der Waals surface area contributed by atoms with E-state index in [4.69, 9.17) is 0 Å². The topological polar surface area (TPSA) is 37.8 Å². The quantitative estimate of drug-likeness (QED) is 0.845. The van der Waals surface area contributed by atoms with Crippen LogP contribution >= 0.6 is 11.3 Å². The molecule has 3 nitrogen and oxygen atoms in total. The van der Waals surface area contributed by atoms with Gasteiger partial charge >= 0.3 is 0 Å². The lowest BCUT2D eigenvalue weighted by Gasteiger charge is -2.24. The standard InChI is InChI=1S/C15H27N3S/c1-4-10-16-13(5-2)15-18-17-14(19-15)12-8-6-11(3)7-9-12/h11-13,16H,4-10H2,1-3H3. The first-order chi connectivity index (χ1) is 9.24. The van der Waals surface area contributed by atoms with Crippen molar-refractivity contribution in [2.75, 3.05) is 6.54 Å². The van der Waals surface area contributed by atoms with Crippen molar-refractivity contribution in [2.24, 2.45) is 5.92 Å². The number of hydrogen-bond donors (Lipinski definition) is 1. The Bertz CT molecular complexity index is 350. The van der Waals surface area contributed by atoms with Crippen LogP contribution in [0.1, 0.15) is 81.3 Å². The number of aromatic nitrogens is 2. The van der Waals surface area contributed by atoms with Gasteiger partial charge in [-0.05, 0) is 38.1 Å². The van der Waals surface area contributed by atoms with E-state index in [2.05, 4.69) is 36.3 Å². The van der Waals surface area contributed by atoms with Crippen LogP contribution in [0.3, 0.4) is 0 Å². The van der Waals surface area contributed by atoms with E-state index in [9.17, 15) is 0 Å². The molecule has 1 aliphatic carbocycles. The summed E-state index contributed by atoms with van der Waals surface area (Å²) in [6, 6.07) is 0.397. The molecule has 108 valence electrons. The van der Waals surface area contributed by atoms with E-state index < -0.39 is 0 Å². The Morgan fingerprint density at radius 2 is 1.95 bits per heavy atom. The van der Waals surface area contributed by atoms with Gasteiger partial charge in [0, 0.05) is 5.92 Å². The van der Waals surface area contributed by atoms with Crippen LogP contribution in [-0.2, 0) is 0 Å². The van der Waals surface area contributed by atoms with E-state index in [0.29, 0.717) is 12.0 Å². The maximum absolute atomic E-state index is 4.47. The molecule has 0 bridgehead atoms. The van der Waals surface area contributed by atoms with Crippen LogP contribution in [-0.4, -0.2) is 16.7 Å². The summed E-state index contributed by atoms with van der Waals surface area (Å²) in [7, 11) is 0. The van der Waals surface area contributed by atoms with Crippen molar-refractivity contribution in [3.8, 4) is 0 Å². The van der Waals surface area contributed by atoms with Crippen LogP contribution in [0.15, 0.2) is 0 Å². The summed E-state index contributed by atoms with van der Waals surface area (Å²) in [6.07, 6.45) is 7.57. The highest BCUT2D eigenvalue weighted by molar-refractivity contribution is 7.11. The molecule has 1 aromatic rings. The molecule has 1 fully saturated rings. The third-order valence-electron chi connectivity index (χ3n) is 4.17. The Kier molecular flexibility index (Phi) is 5.76. The molecule has 1 heterocycles. The molecule has 1 aromatic heterocycles. The van der Waals surface area contributed by atoms with Gasteiger partial charge in [-0.3, -0.25) is 0 Å². The van der Waals surface area contributed by atoms with Crippen molar-refractivity contribution in [2.45, 2.75) is 71.3 Å². The van der Waals surface area contributed by atoms with E-state index in [0.717, 1.165) is 18.9 Å². The van der Waals surface area contributed by atoms with Gasteiger partial charge in [-0.2, -0.15) is 0 Å². The van der Waals surface area contributed by atoms with Crippen molar-refractivity contribution in [1.82, 2.24) is 15.5 Å². The van der Waals surface area contributed by atoms with Gasteiger partial charge in [0.15, 0.2) is 0 Å². The van der Waals surface area contributed by atoms with E-state index in [1.807, 2.05) is 11.3 Å². The third kappa shape index (κ3) is 3.99. The van der Waals surface area contributed by atoms with Gasteiger partial charge in [0.05, 0.1) is 6.04 Å². The average molecular weight is 281 g/mol. The Balaban J connectivity index is 1.97. The molecule has 1 atom stereocenters. The molecule has 1 saturated carbocycles.